The molecular weight excluding hydrogens is 250 g/mol. The Morgan fingerprint density at radius 3 is 2.20 bits per heavy atom. The zero-order valence-electron chi connectivity index (χ0n) is 13.3. The van der Waals surface area contributed by atoms with Gasteiger partial charge in [-0.25, -0.2) is 0 Å². The van der Waals surface area contributed by atoms with Crippen molar-refractivity contribution in [2.24, 2.45) is 5.92 Å². The lowest BCUT2D eigenvalue weighted by Crippen LogP contribution is -2.25. The van der Waals surface area contributed by atoms with Gasteiger partial charge in [-0.1, -0.05) is 39.8 Å². The van der Waals surface area contributed by atoms with Crippen LogP contribution in [0.1, 0.15) is 45.8 Å². The molecule has 0 heterocycles. The van der Waals surface area contributed by atoms with Crippen molar-refractivity contribution in [3.63, 3.8) is 0 Å². The lowest BCUT2D eigenvalue weighted by molar-refractivity contribution is 0.145. The maximum absolute atomic E-state index is 10.2. The topological polar surface area (TPSA) is 32.7 Å². The van der Waals surface area contributed by atoms with E-state index in [1.807, 2.05) is 24.3 Å². The minimum absolute atomic E-state index is 0.394. The van der Waals surface area contributed by atoms with E-state index in [1.54, 1.807) is 0 Å². The van der Waals surface area contributed by atoms with Gasteiger partial charge in [0, 0.05) is 6.54 Å². The molecule has 0 aliphatic heterocycles. The Morgan fingerprint density at radius 2 is 1.70 bits per heavy atom. The first-order valence-corrected chi connectivity index (χ1v) is 7.70. The number of hydrogen-bond acceptors (Lipinski definition) is 3. The summed E-state index contributed by atoms with van der Waals surface area (Å²) in [5, 5.41) is 10.2. The van der Waals surface area contributed by atoms with E-state index >= 15 is 0 Å². The molecule has 0 fully saturated rings. The lowest BCUT2D eigenvalue weighted by atomic mass is 10.1. The summed E-state index contributed by atoms with van der Waals surface area (Å²) >= 11 is 0. The van der Waals surface area contributed by atoms with Crippen molar-refractivity contribution in [1.82, 2.24) is 4.90 Å². The molecule has 3 nitrogen and oxygen atoms in total. The lowest BCUT2D eigenvalue weighted by Gasteiger charge is -2.20. The summed E-state index contributed by atoms with van der Waals surface area (Å²) in [6, 6.07) is 7.81. The van der Waals surface area contributed by atoms with Crippen LogP contribution in [0.5, 0.6) is 5.75 Å². The van der Waals surface area contributed by atoms with Crippen molar-refractivity contribution in [1.29, 1.82) is 0 Å². The van der Waals surface area contributed by atoms with Gasteiger partial charge in [-0.15, -0.1) is 0 Å². The predicted molar refractivity (Wildman–Crippen MR) is 84.1 cm³/mol. The number of nitrogens with zero attached hydrogens (tertiary/aromatic N) is 1. The van der Waals surface area contributed by atoms with Crippen LogP contribution in [-0.2, 0) is 0 Å². The van der Waals surface area contributed by atoms with Crippen molar-refractivity contribution in [2.75, 3.05) is 26.2 Å². The van der Waals surface area contributed by atoms with E-state index in [1.165, 1.54) is 0 Å². The number of aliphatic hydroxyl groups is 1. The molecule has 0 amide bonds. The Balaban J connectivity index is 2.46. The second kappa shape index (κ2) is 8.98. The van der Waals surface area contributed by atoms with E-state index in [0.29, 0.717) is 5.92 Å². The molecule has 0 bridgehead atoms. The van der Waals surface area contributed by atoms with Gasteiger partial charge in [0.15, 0.2) is 0 Å². The van der Waals surface area contributed by atoms with Crippen LogP contribution in [0, 0.1) is 5.92 Å². The van der Waals surface area contributed by atoms with Gasteiger partial charge in [-0.3, -0.25) is 0 Å². The number of hydrogen-bond donors (Lipinski definition) is 1. The van der Waals surface area contributed by atoms with Crippen LogP contribution in [0.3, 0.4) is 0 Å². The zero-order chi connectivity index (χ0) is 15.0. The van der Waals surface area contributed by atoms with Gasteiger partial charge >= 0.3 is 0 Å². The van der Waals surface area contributed by atoms with E-state index < -0.39 is 6.10 Å². The largest absolute Gasteiger partial charge is 0.493 e. The Hall–Kier alpha value is -1.06. The monoisotopic (exact) mass is 279 g/mol. The average molecular weight is 279 g/mol. The van der Waals surface area contributed by atoms with Crippen molar-refractivity contribution >= 4 is 0 Å². The van der Waals surface area contributed by atoms with Gasteiger partial charge in [-0.05, 0) is 43.1 Å². The highest BCUT2D eigenvalue weighted by molar-refractivity contribution is 5.28. The summed E-state index contributed by atoms with van der Waals surface area (Å²) in [5.41, 5.74) is 0.967. The summed E-state index contributed by atoms with van der Waals surface area (Å²) in [7, 11) is 0. The average Bonchev–Trinajstić information content (AvgIpc) is 2.46. The predicted octanol–water partition coefficient (Wildman–Crippen LogP) is 3.49. The molecular formula is C17H29NO2. The third kappa shape index (κ3) is 5.93. The third-order valence-electron chi connectivity index (χ3n) is 3.46. The van der Waals surface area contributed by atoms with E-state index in [2.05, 4.69) is 32.6 Å². The molecule has 20 heavy (non-hydrogen) atoms. The van der Waals surface area contributed by atoms with E-state index in [-0.39, 0.29) is 0 Å². The first-order valence-electron chi connectivity index (χ1n) is 7.70. The minimum Gasteiger partial charge on any atom is -0.493 e. The van der Waals surface area contributed by atoms with Crippen LogP contribution in [0.2, 0.25) is 0 Å². The Labute approximate surface area is 123 Å². The fourth-order valence-electron chi connectivity index (χ4n) is 2.06. The van der Waals surface area contributed by atoms with Gasteiger partial charge in [-0.2, -0.15) is 0 Å². The summed E-state index contributed by atoms with van der Waals surface area (Å²) in [4.78, 5) is 2.32. The summed E-state index contributed by atoms with van der Waals surface area (Å²) in [6.07, 6.45) is 0.378. The molecule has 3 heteroatoms. The third-order valence-corrected chi connectivity index (χ3v) is 3.46. The number of rotatable bonds is 9. The van der Waals surface area contributed by atoms with Gasteiger partial charge in [0.2, 0.25) is 0 Å². The van der Waals surface area contributed by atoms with E-state index in [9.17, 15) is 5.11 Å². The van der Waals surface area contributed by atoms with Crippen LogP contribution in [0.15, 0.2) is 24.3 Å². The zero-order valence-corrected chi connectivity index (χ0v) is 13.3. The van der Waals surface area contributed by atoms with Gasteiger partial charge in [0.25, 0.3) is 0 Å². The second-order valence-corrected chi connectivity index (χ2v) is 5.61. The molecule has 0 saturated heterocycles. The van der Waals surface area contributed by atoms with Crippen molar-refractivity contribution in [3.05, 3.63) is 29.8 Å². The highest BCUT2D eigenvalue weighted by Gasteiger charge is 2.09. The first kappa shape index (κ1) is 17.0. The van der Waals surface area contributed by atoms with Crippen LogP contribution < -0.4 is 4.74 Å². The standard InChI is InChI=1S/C17H29NO2/c1-5-18(6-2)12-11-17(19)15-7-9-16(10-8-15)20-13-14(3)4/h7-10,14,17,19H,5-6,11-13H2,1-4H3. The molecule has 0 aliphatic rings. The smallest absolute Gasteiger partial charge is 0.119 e. The fraction of sp³-hybridized carbons (Fsp3) is 0.647. The van der Waals surface area contributed by atoms with Gasteiger partial charge < -0.3 is 14.7 Å². The first-order chi connectivity index (χ1) is 9.56. The normalized spacial score (nSPS) is 12.9. The minimum atomic E-state index is -0.394. The van der Waals surface area contributed by atoms with E-state index in [4.69, 9.17) is 4.74 Å². The molecule has 1 aromatic carbocycles. The number of ether oxygens (including phenoxy) is 1. The fourth-order valence-corrected chi connectivity index (χ4v) is 2.06. The van der Waals surface area contributed by atoms with Crippen LogP contribution in [0.4, 0.5) is 0 Å². The second-order valence-electron chi connectivity index (χ2n) is 5.61. The van der Waals surface area contributed by atoms with Crippen molar-refractivity contribution in [2.45, 2.75) is 40.2 Å². The van der Waals surface area contributed by atoms with Gasteiger partial charge in [0.1, 0.15) is 5.75 Å². The molecule has 1 atom stereocenters. The van der Waals surface area contributed by atoms with Gasteiger partial charge in [0.05, 0.1) is 12.7 Å². The quantitative estimate of drug-likeness (QED) is 0.751. The molecule has 0 aliphatic carbocycles. The Kier molecular flexibility index (Phi) is 7.63. The highest BCUT2D eigenvalue weighted by Crippen LogP contribution is 2.20. The molecule has 1 rings (SSSR count). The number of benzene rings is 1. The maximum atomic E-state index is 10.2. The Bertz CT molecular complexity index is 358. The van der Waals surface area contributed by atoms with Crippen LogP contribution in [0.25, 0.3) is 0 Å². The molecule has 114 valence electrons. The summed E-state index contributed by atoms with van der Waals surface area (Å²) < 4.78 is 5.65. The molecule has 0 aromatic heterocycles. The number of aliphatic hydroxyl groups excluding tert-OH is 1. The Morgan fingerprint density at radius 1 is 1.10 bits per heavy atom. The molecule has 0 radical (unpaired) electrons. The highest BCUT2D eigenvalue weighted by atomic mass is 16.5. The molecule has 1 unspecified atom stereocenters. The molecule has 0 spiro atoms. The maximum Gasteiger partial charge on any atom is 0.119 e. The molecule has 1 N–H and O–H groups in total. The summed E-state index contributed by atoms with van der Waals surface area (Å²) in [5.74, 6) is 1.40. The van der Waals surface area contributed by atoms with Crippen LogP contribution >= 0.6 is 0 Å². The molecule has 1 aromatic rings. The summed E-state index contributed by atoms with van der Waals surface area (Å²) in [6.45, 7) is 12.3. The SMILES string of the molecule is CCN(CC)CCC(O)c1ccc(OCC(C)C)cc1. The van der Waals surface area contributed by atoms with Crippen molar-refractivity contribution in [3.8, 4) is 5.75 Å². The van der Waals surface area contributed by atoms with E-state index in [0.717, 1.165) is 44.0 Å². The van der Waals surface area contributed by atoms with Crippen LogP contribution in [-0.4, -0.2) is 36.2 Å². The molecule has 0 saturated carbocycles. The van der Waals surface area contributed by atoms with Crippen molar-refractivity contribution < 1.29 is 9.84 Å².